The lowest BCUT2D eigenvalue weighted by Crippen LogP contribution is -2.39. The highest BCUT2D eigenvalue weighted by molar-refractivity contribution is 7.89. The van der Waals surface area contributed by atoms with Crippen molar-refractivity contribution in [2.45, 2.75) is 24.7 Å². The number of phenols is 1. The van der Waals surface area contributed by atoms with Crippen molar-refractivity contribution in [3.63, 3.8) is 0 Å². The molecule has 7 nitrogen and oxygen atoms in total. The zero-order valence-corrected chi connectivity index (χ0v) is 20.8. The van der Waals surface area contributed by atoms with Gasteiger partial charge in [0.1, 0.15) is 10.8 Å². The fourth-order valence-corrected chi connectivity index (χ4v) is 6.87. The van der Waals surface area contributed by atoms with Crippen LogP contribution in [0.2, 0.25) is 0 Å². The van der Waals surface area contributed by atoms with Gasteiger partial charge in [0.05, 0.1) is 20.7 Å². The van der Waals surface area contributed by atoms with Crippen molar-refractivity contribution < 1.29 is 18.3 Å². The van der Waals surface area contributed by atoms with Crippen molar-refractivity contribution in [3.8, 4) is 16.3 Å². The number of hydrogen-bond donors (Lipinski definition) is 2. The van der Waals surface area contributed by atoms with Gasteiger partial charge in [-0.05, 0) is 67.3 Å². The number of phenolic OH excluding ortho intramolecular Hbond substituents is 1. The molecule has 4 aromatic rings. The summed E-state index contributed by atoms with van der Waals surface area (Å²) in [6.07, 6.45) is 1.88. The number of sulfonamides is 1. The molecule has 2 N–H and O–H groups in total. The van der Waals surface area contributed by atoms with Crippen LogP contribution in [-0.2, 0) is 10.0 Å². The number of hydrogen-bond acceptors (Lipinski definition) is 6. The Morgan fingerprint density at radius 3 is 2.60 bits per heavy atom. The molecule has 5 rings (SSSR count). The molecule has 1 aromatic heterocycles. The molecule has 0 radical (unpaired) electrons. The number of para-hydroxylation sites is 1. The fourth-order valence-electron chi connectivity index (χ4n) is 4.27. The van der Waals surface area contributed by atoms with Crippen LogP contribution in [0.25, 0.3) is 20.8 Å². The number of aromatic hydroxyl groups is 1. The molecule has 1 atom stereocenters. The molecule has 0 spiro atoms. The van der Waals surface area contributed by atoms with Gasteiger partial charge in [-0.3, -0.25) is 4.79 Å². The molecule has 1 amide bonds. The normalized spacial score (nSPS) is 16.9. The Balaban J connectivity index is 1.30. The first-order valence-corrected chi connectivity index (χ1v) is 13.7. The molecular formula is C26H25N3O4S2. The van der Waals surface area contributed by atoms with E-state index >= 15 is 0 Å². The van der Waals surface area contributed by atoms with Gasteiger partial charge in [-0.25, -0.2) is 13.4 Å². The number of anilines is 1. The highest BCUT2D eigenvalue weighted by atomic mass is 32.2. The third kappa shape index (κ3) is 4.80. The van der Waals surface area contributed by atoms with Gasteiger partial charge in [0.2, 0.25) is 10.0 Å². The first kappa shape index (κ1) is 23.5. The van der Waals surface area contributed by atoms with Crippen molar-refractivity contribution in [2.75, 3.05) is 18.4 Å². The van der Waals surface area contributed by atoms with Crippen molar-refractivity contribution in [1.29, 1.82) is 0 Å². The van der Waals surface area contributed by atoms with Gasteiger partial charge >= 0.3 is 0 Å². The standard InChI is InChI=1S/C26H25N3O4S2/c1-17-5-4-14-29(16-17)35(32,33)20-11-8-18(9-12-20)25(31)27-19-10-13-21(23(30)15-19)26-28-22-6-2-3-7-24(22)34-26/h2-3,6-13,15,17,30H,4-5,14,16H2,1H3,(H,27,31)/t17-/m1/s1. The molecule has 0 unspecified atom stereocenters. The number of fused-ring (bicyclic) bond motifs is 1. The van der Waals surface area contributed by atoms with Crippen LogP contribution in [0.3, 0.4) is 0 Å². The maximum absolute atomic E-state index is 12.9. The van der Waals surface area contributed by atoms with Crippen molar-refractivity contribution >= 4 is 43.2 Å². The van der Waals surface area contributed by atoms with Gasteiger partial charge < -0.3 is 10.4 Å². The number of carbonyl (C=O) groups excluding carboxylic acids is 1. The Morgan fingerprint density at radius 1 is 1.11 bits per heavy atom. The lowest BCUT2D eigenvalue weighted by molar-refractivity contribution is 0.102. The molecular weight excluding hydrogens is 482 g/mol. The maximum Gasteiger partial charge on any atom is 0.255 e. The number of piperidine rings is 1. The van der Waals surface area contributed by atoms with Crippen molar-refractivity contribution in [3.05, 3.63) is 72.3 Å². The van der Waals surface area contributed by atoms with Crippen LogP contribution in [0.4, 0.5) is 5.69 Å². The monoisotopic (exact) mass is 507 g/mol. The van der Waals surface area contributed by atoms with Crippen LogP contribution in [0.1, 0.15) is 30.1 Å². The molecule has 1 saturated heterocycles. The third-order valence-electron chi connectivity index (χ3n) is 6.15. The van der Waals surface area contributed by atoms with Crippen LogP contribution in [0, 0.1) is 5.92 Å². The fraction of sp³-hybridized carbons (Fsp3) is 0.231. The molecule has 9 heteroatoms. The van der Waals surface area contributed by atoms with E-state index in [0.717, 1.165) is 23.1 Å². The second kappa shape index (κ2) is 9.41. The number of aromatic nitrogens is 1. The molecule has 0 bridgehead atoms. The Hall–Kier alpha value is -3.27. The van der Waals surface area contributed by atoms with Crippen LogP contribution in [0.5, 0.6) is 5.75 Å². The maximum atomic E-state index is 12.9. The van der Waals surface area contributed by atoms with Crippen LogP contribution >= 0.6 is 11.3 Å². The smallest absolute Gasteiger partial charge is 0.255 e. The minimum absolute atomic E-state index is 0.0130. The first-order valence-electron chi connectivity index (χ1n) is 11.4. The van der Waals surface area contributed by atoms with Gasteiger partial charge in [-0.1, -0.05) is 19.1 Å². The molecule has 180 valence electrons. The van der Waals surface area contributed by atoms with E-state index in [2.05, 4.69) is 17.2 Å². The molecule has 2 heterocycles. The zero-order valence-electron chi connectivity index (χ0n) is 19.1. The number of nitrogens with one attached hydrogen (secondary N) is 1. The number of nitrogens with zero attached hydrogens (tertiary/aromatic N) is 2. The van der Waals surface area contributed by atoms with Crippen LogP contribution < -0.4 is 5.32 Å². The molecule has 3 aromatic carbocycles. The van der Waals surface area contributed by atoms with Crippen LogP contribution in [0.15, 0.2) is 71.6 Å². The second-order valence-electron chi connectivity index (χ2n) is 8.81. The van der Waals surface area contributed by atoms with E-state index in [1.165, 1.54) is 46.0 Å². The second-order valence-corrected chi connectivity index (χ2v) is 11.8. The van der Waals surface area contributed by atoms with E-state index in [1.54, 1.807) is 12.1 Å². The van der Waals surface area contributed by atoms with Crippen molar-refractivity contribution in [2.24, 2.45) is 5.92 Å². The predicted molar refractivity (Wildman–Crippen MR) is 138 cm³/mol. The zero-order chi connectivity index (χ0) is 24.6. The molecule has 0 aliphatic carbocycles. The summed E-state index contributed by atoms with van der Waals surface area (Å²) in [6.45, 7) is 3.09. The number of thiazole rings is 1. The lowest BCUT2D eigenvalue weighted by Gasteiger charge is -2.30. The predicted octanol–water partition coefficient (Wildman–Crippen LogP) is 5.34. The highest BCUT2D eigenvalue weighted by Crippen LogP contribution is 2.36. The molecule has 1 aliphatic heterocycles. The Labute approximate surface area is 208 Å². The van der Waals surface area contributed by atoms with E-state index < -0.39 is 15.9 Å². The summed E-state index contributed by atoms with van der Waals surface area (Å²) in [5.74, 6) is -0.0484. The van der Waals surface area contributed by atoms with Gasteiger partial charge in [0.25, 0.3) is 5.91 Å². The summed E-state index contributed by atoms with van der Waals surface area (Å²) in [4.78, 5) is 17.5. The Kier molecular flexibility index (Phi) is 6.31. The van der Waals surface area contributed by atoms with Gasteiger partial charge in [-0.2, -0.15) is 4.31 Å². The number of amides is 1. The minimum Gasteiger partial charge on any atom is -0.507 e. The van der Waals surface area contributed by atoms with E-state index in [0.29, 0.717) is 40.8 Å². The minimum atomic E-state index is -3.58. The van der Waals surface area contributed by atoms with Gasteiger partial charge in [0, 0.05) is 30.4 Å². The van der Waals surface area contributed by atoms with Gasteiger partial charge in [0.15, 0.2) is 0 Å². The molecule has 1 aliphatic rings. The summed E-state index contributed by atoms with van der Waals surface area (Å²) >= 11 is 1.48. The average molecular weight is 508 g/mol. The largest absolute Gasteiger partial charge is 0.507 e. The molecule has 1 fully saturated rings. The SMILES string of the molecule is C[C@@H]1CCCN(S(=O)(=O)c2ccc(C(=O)Nc3ccc(-c4nc5ccccc5s4)c(O)c3)cc2)C1. The highest BCUT2D eigenvalue weighted by Gasteiger charge is 2.28. The topological polar surface area (TPSA) is 99.6 Å². The Morgan fingerprint density at radius 2 is 1.89 bits per heavy atom. The number of rotatable bonds is 5. The van der Waals surface area contributed by atoms with E-state index in [9.17, 15) is 18.3 Å². The van der Waals surface area contributed by atoms with Gasteiger partial charge in [-0.15, -0.1) is 11.3 Å². The number of carbonyl (C=O) groups is 1. The Bertz CT molecular complexity index is 1460. The number of benzene rings is 3. The lowest BCUT2D eigenvalue weighted by atomic mass is 10.0. The summed E-state index contributed by atoms with van der Waals surface area (Å²) in [5.41, 5.74) is 2.21. The summed E-state index contributed by atoms with van der Waals surface area (Å²) in [6, 6.07) is 18.6. The van der Waals surface area contributed by atoms with E-state index in [-0.39, 0.29) is 10.6 Å². The van der Waals surface area contributed by atoms with E-state index in [4.69, 9.17) is 0 Å². The third-order valence-corrected chi connectivity index (χ3v) is 9.10. The summed E-state index contributed by atoms with van der Waals surface area (Å²) < 4.78 is 28.4. The summed E-state index contributed by atoms with van der Waals surface area (Å²) in [7, 11) is -3.58. The molecule has 0 saturated carbocycles. The average Bonchev–Trinajstić information content (AvgIpc) is 3.28. The summed E-state index contributed by atoms with van der Waals surface area (Å²) in [5, 5.41) is 14.0. The first-order chi connectivity index (χ1) is 16.8. The molecule has 35 heavy (non-hydrogen) atoms. The van der Waals surface area contributed by atoms with E-state index in [1.807, 2.05) is 24.3 Å². The van der Waals surface area contributed by atoms with Crippen molar-refractivity contribution in [1.82, 2.24) is 9.29 Å². The quantitative estimate of drug-likeness (QED) is 0.380. The van der Waals surface area contributed by atoms with Crippen LogP contribution in [-0.4, -0.2) is 41.8 Å².